The van der Waals surface area contributed by atoms with E-state index in [1.807, 2.05) is 26.0 Å². The molecule has 2 N–H and O–H groups in total. The molecule has 1 saturated heterocycles. The zero-order valence-electron chi connectivity index (χ0n) is 24.3. The lowest BCUT2D eigenvalue weighted by molar-refractivity contribution is -0.119. The summed E-state index contributed by atoms with van der Waals surface area (Å²) < 4.78 is 0. The fourth-order valence-electron chi connectivity index (χ4n) is 5.70. The van der Waals surface area contributed by atoms with Gasteiger partial charge in [-0.15, -0.1) is 0 Å². The Kier molecular flexibility index (Phi) is 10.4. The van der Waals surface area contributed by atoms with Crippen LogP contribution in [0.2, 0.25) is 0 Å². The summed E-state index contributed by atoms with van der Waals surface area (Å²) in [6.07, 6.45) is 0.444. The van der Waals surface area contributed by atoms with Crippen molar-refractivity contribution in [3.05, 3.63) is 81.4 Å². The van der Waals surface area contributed by atoms with Gasteiger partial charge in [-0.25, -0.2) is 0 Å². The van der Waals surface area contributed by atoms with Crippen LogP contribution in [0.4, 0.5) is 0 Å². The number of amides is 1. The van der Waals surface area contributed by atoms with Gasteiger partial charge >= 0.3 is 0 Å². The zero-order valence-corrected chi connectivity index (χ0v) is 24.3. The Morgan fingerprint density at radius 1 is 1.08 bits per heavy atom. The van der Waals surface area contributed by atoms with Crippen LogP contribution in [0.1, 0.15) is 55.5 Å². The zero-order chi connectivity index (χ0) is 28.6. The van der Waals surface area contributed by atoms with Crippen LogP contribution in [0.25, 0.3) is 0 Å². The van der Waals surface area contributed by atoms with Crippen LogP contribution in [0.3, 0.4) is 0 Å². The van der Waals surface area contributed by atoms with E-state index in [2.05, 4.69) is 90.6 Å². The summed E-state index contributed by atoms with van der Waals surface area (Å²) in [6.45, 7) is 16.8. The second kappa shape index (κ2) is 13.5. The number of benzene rings is 2. The lowest BCUT2D eigenvalue weighted by atomic mass is 9.73. The molecule has 1 atom stereocenters. The van der Waals surface area contributed by atoms with Crippen molar-refractivity contribution in [2.24, 2.45) is 0 Å². The predicted molar refractivity (Wildman–Crippen MR) is 155 cm³/mol. The van der Waals surface area contributed by atoms with E-state index in [4.69, 9.17) is 0 Å². The summed E-state index contributed by atoms with van der Waals surface area (Å²) in [6, 6.07) is 18.8. The number of carbonyl (C=O) groups excluding carboxylic acids is 1. The summed E-state index contributed by atoms with van der Waals surface area (Å²) in [7, 11) is 0. The van der Waals surface area contributed by atoms with Crippen molar-refractivity contribution in [2.75, 3.05) is 32.8 Å². The smallest absolute Gasteiger partial charge is 0.251 e. The summed E-state index contributed by atoms with van der Waals surface area (Å²) in [4.78, 5) is 18.6. The van der Waals surface area contributed by atoms with Gasteiger partial charge in [-0.05, 0) is 63.9 Å². The Bertz CT molecular complexity index is 1240. The highest BCUT2D eigenvalue weighted by Crippen LogP contribution is 2.42. The van der Waals surface area contributed by atoms with Gasteiger partial charge in [0.2, 0.25) is 0 Å². The molecular formula is C32H42N6O. The van der Waals surface area contributed by atoms with Crippen molar-refractivity contribution in [1.82, 2.24) is 20.4 Å². The van der Waals surface area contributed by atoms with E-state index in [0.717, 1.165) is 54.0 Å². The normalized spacial score (nSPS) is 15.0. The molecule has 0 aliphatic carbocycles. The van der Waals surface area contributed by atoms with Crippen LogP contribution in [0.5, 0.6) is 0 Å². The number of hydrogen-bond acceptors (Lipinski definition) is 6. The number of carbonyl (C=O) groups is 1. The van der Waals surface area contributed by atoms with E-state index in [1.165, 1.54) is 0 Å². The first kappa shape index (κ1) is 30.1. The average molecular weight is 527 g/mol. The second-order valence-electron chi connectivity index (χ2n) is 10.7. The van der Waals surface area contributed by atoms with E-state index in [0.29, 0.717) is 19.6 Å². The summed E-state index contributed by atoms with van der Waals surface area (Å²) in [5, 5.41) is 26.8. The highest BCUT2D eigenvalue weighted by Gasteiger charge is 2.48. The van der Waals surface area contributed by atoms with Crippen molar-refractivity contribution < 1.29 is 4.79 Å². The SMILES string of the molecule is CCN(CC)Cc1cccc(C(Cc2cc(C)cc(C)c2)(C(C(=O)NC(C)C)=C(C#N)C#N)N2CCNC2)c1. The Hall–Kier alpha value is -3.49. The Labute approximate surface area is 234 Å². The minimum Gasteiger partial charge on any atom is -0.350 e. The van der Waals surface area contributed by atoms with E-state index in [1.54, 1.807) is 0 Å². The maximum Gasteiger partial charge on any atom is 0.251 e. The molecule has 1 fully saturated rings. The van der Waals surface area contributed by atoms with Crippen LogP contribution in [-0.4, -0.2) is 54.6 Å². The first-order valence-corrected chi connectivity index (χ1v) is 13.9. The number of hydrogen-bond donors (Lipinski definition) is 2. The fourth-order valence-corrected chi connectivity index (χ4v) is 5.70. The standard InChI is InChI=1S/C32H42N6O/c1-7-37(8-2)21-26-10-9-11-29(17-26)32(38-13-12-35-22-38,18-27-15-24(5)14-25(6)16-27)30(28(19-33)20-34)31(39)36-23(3)4/h9-11,14-17,23,35H,7-8,12-13,18,21-22H2,1-6H3,(H,36,39). The molecule has 1 unspecified atom stereocenters. The Morgan fingerprint density at radius 2 is 1.74 bits per heavy atom. The van der Waals surface area contributed by atoms with Crippen molar-refractivity contribution in [3.63, 3.8) is 0 Å². The quantitative estimate of drug-likeness (QED) is 0.335. The molecule has 2 aromatic rings. The van der Waals surface area contributed by atoms with Gasteiger partial charge in [0.25, 0.3) is 5.91 Å². The van der Waals surface area contributed by atoms with E-state index in [-0.39, 0.29) is 23.1 Å². The van der Waals surface area contributed by atoms with Gasteiger partial charge in [-0.3, -0.25) is 14.6 Å². The number of nitriles is 2. The molecule has 0 saturated carbocycles. The molecule has 0 radical (unpaired) electrons. The molecule has 0 aromatic heterocycles. The number of aryl methyl sites for hydroxylation is 2. The third-order valence-electron chi connectivity index (χ3n) is 7.38. The topological polar surface area (TPSA) is 95.2 Å². The Balaban J connectivity index is 2.40. The molecule has 206 valence electrons. The van der Waals surface area contributed by atoms with Crippen LogP contribution < -0.4 is 10.6 Å². The molecule has 39 heavy (non-hydrogen) atoms. The molecular weight excluding hydrogens is 484 g/mol. The third kappa shape index (κ3) is 6.94. The molecule has 1 amide bonds. The van der Waals surface area contributed by atoms with Gasteiger partial charge in [-0.2, -0.15) is 10.5 Å². The Morgan fingerprint density at radius 3 is 2.28 bits per heavy atom. The molecule has 1 heterocycles. The van der Waals surface area contributed by atoms with Gasteiger partial charge in [-0.1, -0.05) is 67.4 Å². The van der Waals surface area contributed by atoms with E-state index >= 15 is 0 Å². The van der Waals surface area contributed by atoms with Crippen LogP contribution in [0, 0.1) is 36.5 Å². The summed E-state index contributed by atoms with van der Waals surface area (Å²) in [5.74, 6) is -0.381. The molecule has 0 bridgehead atoms. The highest BCUT2D eigenvalue weighted by atomic mass is 16.1. The van der Waals surface area contributed by atoms with Crippen LogP contribution in [-0.2, 0) is 23.3 Å². The molecule has 3 rings (SSSR count). The fraction of sp³-hybridized carbons (Fsp3) is 0.469. The maximum atomic E-state index is 14.0. The van der Waals surface area contributed by atoms with Crippen molar-refractivity contribution in [2.45, 2.75) is 66.1 Å². The maximum absolute atomic E-state index is 14.0. The van der Waals surface area contributed by atoms with E-state index in [9.17, 15) is 15.3 Å². The minimum atomic E-state index is -1.04. The van der Waals surface area contributed by atoms with Gasteiger partial charge in [0, 0.05) is 32.3 Å². The van der Waals surface area contributed by atoms with E-state index < -0.39 is 5.54 Å². The second-order valence-corrected chi connectivity index (χ2v) is 10.7. The highest BCUT2D eigenvalue weighted by molar-refractivity contribution is 5.98. The number of rotatable bonds is 11. The van der Waals surface area contributed by atoms with Crippen molar-refractivity contribution in [1.29, 1.82) is 10.5 Å². The average Bonchev–Trinajstić information content (AvgIpc) is 3.44. The summed E-state index contributed by atoms with van der Waals surface area (Å²) in [5.41, 5.74) is 4.38. The third-order valence-corrected chi connectivity index (χ3v) is 7.38. The van der Waals surface area contributed by atoms with Crippen LogP contribution in [0.15, 0.2) is 53.6 Å². The van der Waals surface area contributed by atoms with Gasteiger partial charge in [0.05, 0.1) is 11.1 Å². The largest absolute Gasteiger partial charge is 0.350 e. The van der Waals surface area contributed by atoms with Gasteiger partial charge < -0.3 is 10.6 Å². The first-order chi connectivity index (χ1) is 18.7. The number of allylic oxidation sites excluding steroid dienone is 1. The van der Waals surface area contributed by atoms with Gasteiger partial charge in [0.1, 0.15) is 17.7 Å². The number of nitrogens with one attached hydrogen (secondary N) is 2. The molecule has 1 aliphatic heterocycles. The van der Waals surface area contributed by atoms with Crippen LogP contribution >= 0.6 is 0 Å². The predicted octanol–water partition coefficient (Wildman–Crippen LogP) is 4.31. The number of nitrogens with zero attached hydrogens (tertiary/aromatic N) is 4. The molecule has 2 aromatic carbocycles. The molecule has 7 nitrogen and oxygen atoms in total. The molecule has 0 spiro atoms. The minimum absolute atomic E-state index is 0.154. The lowest BCUT2D eigenvalue weighted by Gasteiger charge is -2.44. The molecule has 7 heteroatoms. The summed E-state index contributed by atoms with van der Waals surface area (Å²) >= 11 is 0. The lowest BCUT2D eigenvalue weighted by Crippen LogP contribution is -2.53. The van der Waals surface area contributed by atoms with Crippen molar-refractivity contribution in [3.8, 4) is 12.1 Å². The molecule has 1 aliphatic rings. The monoisotopic (exact) mass is 526 g/mol. The first-order valence-electron chi connectivity index (χ1n) is 13.9. The van der Waals surface area contributed by atoms with Crippen molar-refractivity contribution >= 4 is 5.91 Å². The van der Waals surface area contributed by atoms with Gasteiger partial charge in [0.15, 0.2) is 0 Å².